The molecule has 6 heteroatoms. The molecule has 2 atom stereocenters. The van der Waals surface area contributed by atoms with Crippen LogP contribution in [0.15, 0.2) is 18.2 Å². The van der Waals surface area contributed by atoms with Crippen LogP contribution in [0.3, 0.4) is 0 Å². The lowest BCUT2D eigenvalue weighted by Crippen LogP contribution is -2.39. The molecule has 1 aliphatic rings. The van der Waals surface area contributed by atoms with E-state index in [1.54, 1.807) is 17.0 Å². The second kappa shape index (κ2) is 5.20. The third-order valence-corrected chi connectivity index (χ3v) is 3.38. The molecule has 0 aliphatic carbocycles. The normalized spacial score (nSPS) is 24.4. The van der Waals surface area contributed by atoms with E-state index < -0.39 is 23.9 Å². The van der Waals surface area contributed by atoms with E-state index in [-0.39, 0.29) is 24.5 Å². The maximum absolute atomic E-state index is 13.7. The molecule has 1 saturated heterocycles. The highest BCUT2D eigenvalue weighted by Crippen LogP contribution is 2.25. The van der Waals surface area contributed by atoms with Crippen molar-refractivity contribution in [2.45, 2.75) is 25.2 Å². The molecule has 18 heavy (non-hydrogen) atoms. The van der Waals surface area contributed by atoms with Crippen LogP contribution in [0.2, 0.25) is 5.02 Å². The summed E-state index contributed by atoms with van der Waals surface area (Å²) in [7, 11) is 0. The van der Waals surface area contributed by atoms with Gasteiger partial charge in [0, 0.05) is 25.1 Å². The number of rotatable bonds is 3. The number of hydrogen-bond acceptors (Lipinski definition) is 2. The van der Waals surface area contributed by atoms with Gasteiger partial charge < -0.3 is 5.73 Å². The van der Waals surface area contributed by atoms with Crippen LogP contribution in [0.1, 0.15) is 12.0 Å². The van der Waals surface area contributed by atoms with Crippen molar-refractivity contribution in [1.82, 2.24) is 4.90 Å². The van der Waals surface area contributed by atoms with Crippen LogP contribution in [0.25, 0.3) is 0 Å². The molecule has 1 aliphatic heterocycles. The molecule has 0 aromatic heterocycles. The number of benzene rings is 1. The first-order chi connectivity index (χ1) is 8.49. The molecule has 1 amide bonds. The highest BCUT2D eigenvalue weighted by Gasteiger charge is 2.35. The molecular weight excluding hydrogens is 262 g/mol. The number of nitrogens with two attached hydrogens (primary N) is 1. The molecule has 1 fully saturated rings. The van der Waals surface area contributed by atoms with Crippen molar-refractivity contribution in [3.63, 3.8) is 0 Å². The molecule has 0 bridgehead atoms. The smallest absolute Gasteiger partial charge is 0.234 e. The van der Waals surface area contributed by atoms with E-state index in [0.717, 1.165) is 0 Å². The number of primary amides is 1. The number of amides is 1. The van der Waals surface area contributed by atoms with Gasteiger partial charge in [0.1, 0.15) is 12.0 Å². The van der Waals surface area contributed by atoms with Crippen molar-refractivity contribution in [2.24, 2.45) is 5.73 Å². The first kappa shape index (κ1) is 13.2. The van der Waals surface area contributed by atoms with Crippen LogP contribution in [-0.4, -0.2) is 29.6 Å². The van der Waals surface area contributed by atoms with Crippen molar-refractivity contribution in [3.8, 4) is 0 Å². The molecule has 0 saturated carbocycles. The van der Waals surface area contributed by atoms with Crippen molar-refractivity contribution in [2.75, 3.05) is 6.54 Å². The lowest BCUT2D eigenvalue weighted by Gasteiger charge is -2.21. The van der Waals surface area contributed by atoms with Crippen LogP contribution in [0.5, 0.6) is 0 Å². The molecule has 0 spiro atoms. The van der Waals surface area contributed by atoms with E-state index in [2.05, 4.69) is 0 Å². The third kappa shape index (κ3) is 2.62. The molecule has 2 N–H and O–H groups in total. The molecule has 0 radical (unpaired) electrons. The summed E-state index contributed by atoms with van der Waals surface area (Å²) in [6.07, 6.45) is -1.04. The number of carbonyl (C=O) groups is 1. The maximum Gasteiger partial charge on any atom is 0.234 e. The van der Waals surface area contributed by atoms with Crippen molar-refractivity contribution in [3.05, 3.63) is 34.6 Å². The van der Waals surface area contributed by atoms with Gasteiger partial charge in [-0.1, -0.05) is 23.7 Å². The molecule has 1 aromatic carbocycles. The van der Waals surface area contributed by atoms with Gasteiger partial charge in [-0.2, -0.15) is 0 Å². The second-order valence-electron chi connectivity index (χ2n) is 4.39. The average molecular weight is 275 g/mol. The maximum atomic E-state index is 13.7. The number of halogens is 3. The topological polar surface area (TPSA) is 46.3 Å². The fourth-order valence-electron chi connectivity index (χ4n) is 2.21. The van der Waals surface area contributed by atoms with E-state index in [9.17, 15) is 13.6 Å². The van der Waals surface area contributed by atoms with E-state index in [1.807, 2.05) is 0 Å². The van der Waals surface area contributed by atoms with Crippen molar-refractivity contribution < 1.29 is 13.6 Å². The van der Waals surface area contributed by atoms with Crippen LogP contribution >= 0.6 is 11.6 Å². The standard InChI is InChI=1S/C12H13ClF2N2O/c13-9-3-1-2-7(11(9)15)5-17-6-8(14)4-10(17)12(16)18/h1-3,8,10H,4-6H2,(H2,16,18). The second-order valence-corrected chi connectivity index (χ2v) is 4.80. The fourth-order valence-corrected chi connectivity index (χ4v) is 2.40. The summed E-state index contributed by atoms with van der Waals surface area (Å²) in [5.74, 6) is -1.12. The quantitative estimate of drug-likeness (QED) is 0.915. The number of alkyl halides is 1. The predicted octanol–water partition coefficient (Wildman–Crippen LogP) is 1.88. The lowest BCUT2D eigenvalue weighted by atomic mass is 10.1. The van der Waals surface area contributed by atoms with E-state index in [1.165, 1.54) is 6.07 Å². The summed E-state index contributed by atoms with van der Waals surface area (Å²) in [6.45, 7) is 0.208. The van der Waals surface area contributed by atoms with Crippen LogP contribution in [0, 0.1) is 5.82 Å². The number of hydrogen-bond donors (Lipinski definition) is 1. The van der Waals surface area contributed by atoms with Crippen molar-refractivity contribution in [1.29, 1.82) is 0 Å². The van der Waals surface area contributed by atoms with Gasteiger partial charge in [0.15, 0.2) is 0 Å². The van der Waals surface area contributed by atoms with Gasteiger partial charge in [-0.15, -0.1) is 0 Å². The molecule has 2 rings (SSSR count). The Morgan fingerprint density at radius 1 is 1.56 bits per heavy atom. The van der Waals surface area contributed by atoms with Gasteiger partial charge in [-0.05, 0) is 6.07 Å². The van der Waals surface area contributed by atoms with Gasteiger partial charge in [0.25, 0.3) is 0 Å². The molecule has 3 nitrogen and oxygen atoms in total. The van der Waals surface area contributed by atoms with E-state index in [4.69, 9.17) is 17.3 Å². The first-order valence-electron chi connectivity index (χ1n) is 5.59. The van der Waals surface area contributed by atoms with Gasteiger partial charge in [-0.25, -0.2) is 8.78 Å². The van der Waals surface area contributed by atoms with Crippen LogP contribution in [0.4, 0.5) is 8.78 Å². The predicted molar refractivity (Wildman–Crippen MR) is 64.3 cm³/mol. The van der Waals surface area contributed by atoms with Gasteiger partial charge in [-0.3, -0.25) is 9.69 Å². The Morgan fingerprint density at radius 2 is 2.28 bits per heavy atom. The molecular formula is C12H13ClF2N2O. The summed E-state index contributed by atoms with van der Waals surface area (Å²) in [5.41, 5.74) is 5.54. The zero-order valence-corrected chi connectivity index (χ0v) is 10.3. The SMILES string of the molecule is NC(=O)C1CC(F)CN1Cc1cccc(Cl)c1F. The summed E-state index contributed by atoms with van der Waals surface area (Å²) in [5, 5.41) is 0.0131. The largest absolute Gasteiger partial charge is 0.368 e. The Morgan fingerprint density at radius 3 is 2.94 bits per heavy atom. The van der Waals surface area contributed by atoms with Crippen LogP contribution < -0.4 is 5.73 Å². The minimum absolute atomic E-state index is 0.0131. The zero-order valence-electron chi connectivity index (χ0n) is 9.57. The van der Waals surface area contributed by atoms with Gasteiger partial charge in [0.2, 0.25) is 5.91 Å². The Kier molecular flexibility index (Phi) is 3.82. The Balaban J connectivity index is 2.17. The first-order valence-corrected chi connectivity index (χ1v) is 5.97. The average Bonchev–Trinajstić information content (AvgIpc) is 2.66. The van der Waals surface area contributed by atoms with E-state index in [0.29, 0.717) is 5.56 Å². The molecule has 2 unspecified atom stereocenters. The number of nitrogens with zero attached hydrogens (tertiary/aromatic N) is 1. The minimum Gasteiger partial charge on any atom is -0.368 e. The molecule has 98 valence electrons. The Bertz CT molecular complexity index is 469. The monoisotopic (exact) mass is 274 g/mol. The highest BCUT2D eigenvalue weighted by atomic mass is 35.5. The third-order valence-electron chi connectivity index (χ3n) is 3.09. The summed E-state index contributed by atoms with van der Waals surface area (Å²) in [4.78, 5) is 12.7. The number of carbonyl (C=O) groups excluding carboxylic acids is 1. The Hall–Kier alpha value is -1.20. The molecule has 1 heterocycles. The zero-order chi connectivity index (χ0) is 13.3. The van der Waals surface area contributed by atoms with E-state index >= 15 is 0 Å². The van der Waals surface area contributed by atoms with Gasteiger partial charge in [0.05, 0.1) is 11.1 Å². The summed E-state index contributed by atoms with van der Waals surface area (Å²) in [6, 6.07) is 3.93. The van der Waals surface area contributed by atoms with Crippen molar-refractivity contribution >= 4 is 17.5 Å². The van der Waals surface area contributed by atoms with Gasteiger partial charge >= 0.3 is 0 Å². The highest BCUT2D eigenvalue weighted by molar-refractivity contribution is 6.30. The summed E-state index contributed by atoms with van der Waals surface area (Å²) >= 11 is 5.67. The van der Waals surface area contributed by atoms with Crippen LogP contribution in [-0.2, 0) is 11.3 Å². The summed E-state index contributed by atoms with van der Waals surface area (Å²) < 4.78 is 27.0. The fraction of sp³-hybridized carbons (Fsp3) is 0.417. The Labute approximate surface area is 109 Å². The minimum atomic E-state index is -1.11. The molecule has 1 aromatic rings. The number of likely N-dealkylation sites (tertiary alicyclic amines) is 1. The lowest BCUT2D eigenvalue weighted by molar-refractivity contribution is -0.122.